The average molecular weight is 313 g/mol. The van der Waals surface area contributed by atoms with Crippen molar-refractivity contribution in [2.45, 2.75) is 19.3 Å². The molecule has 0 radical (unpaired) electrons. The molecule has 7 nitrogen and oxygen atoms in total. The molecule has 2 aromatic rings. The number of nitrogen functional groups attached to an aromatic ring is 1. The molecule has 0 aromatic carbocycles. The van der Waals surface area contributed by atoms with E-state index in [4.69, 9.17) is 5.73 Å². The number of hydrogen-bond acceptors (Lipinski definition) is 7. The molecule has 0 bridgehead atoms. The molecule has 4 N–H and O–H groups in total. The molecule has 1 saturated heterocycles. The third-order valence-electron chi connectivity index (χ3n) is 3.98. The Morgan fingerprint density at radius 1 is 1.13 bits per heavy atom. The molecule has 3 heterocycles. The van der Waals surface area contributed by atoms with Crippen LogP contribution in [0.1, 0.15) is 19.3 Å². The van der Waals surface area contributed by atoms with Crippen molar-refractivity contribution < 1.29 is 0 Å². The van der Waals surface area contributed by atoms with E-state index in [1.165, 1.54) is 38.7 Å². The van der Waals surface area contributed by atoms with Gasteiger partial charge in [0.05, 0.1) is 11.9 Å². The first kappa shape index (κ1) is 15.5. The van der Waals surface area contributed by atoms with Crippen LogP contribution in [0.15, 0.2) is 30.9 Å². The summed E-state index contributed by atoms with van der Waals surface area (Å²) >= 11 is 0. The number of nitrogens with zero attached hydrogens (tertiary/aromatic N) is 4. The van der Waals surface area contributed by atoms with Crippen LogP contribution in [0.5, 0.6) is 0 Å². The van der Waals surface area contributed by atoms with Crippen molar-refractivity contribution in [3.8, 4) is 0 Å². The first-order valence-corrected chi connectivity index (χ1v) is 8.06. The monoisotopic (exact) mass is 313 g/mol. The second kappa shape index (κ2) is 7.73. The van der Waals surface area contributed by atoms with Gasteiger partial charge in [-0.3, -0.25) is 4.98 Å². The Balaban J connectivity index is 1.58. The quantitative estimate of drug-likeness (QED) is 0.752. The van der Waals surface area contributed by atoms with Crippen molar-refractivity contribution in [1.82, 2.24) is 19.9 Å². The lowest BCUT2D eigenvalue weighted by molar-refractivity contribution is 0.237. The molecule has 1 aliphatic rings. The van der Waals surface area contributed by atoms with Crippen LogP contribution >= 0.6 is 0 Å². The maximum absolute atomic E-state index is 6.17. The number of nitrogens with one attached hydrogen (secondary N) is 2. The Morgan fingerprint density at radius 3 is 2.74 bits per heavy atom. The van der Waals surface area contributed by atoms with Gasteiger partial charge in [0, 0.05) is 19.3 Å². The van der Waals surface area contributed by atoms with Crippen molar-refractivity contribution in [1.29, 1.82) is 0 Å². The molecule has 3 rings (SSSR count). The maximum Gasteiger partial charge on any atom is 0.159 e. The van der Waals surface area contributed by atoms with E-state index in [9.17, 15) is 0 Å². The van der Waals surface area contributed by atoms with Gasteiger partial charge in [-0.15, -0.1) is 0 Å². The minimum atomic E-state index is 0.523. The van der Waals surface area contributed by atoms with Gasteiger partial charge < -0.3 is 21.3 Å². The van der Waals surface area contributed by atoms with E-state index in [1.54, 1.807) is 12.4 Å². The van der Waals surface area contributed by atoms with Gasteiger partial charge in [0.2, 0.25) is 0 Å². The minimum absolute atomic E-state index is 0.523. The van der Waals surface area contributed by atoms with Gasteiger partial charge in [-0.2, -0.15) is 0 Å². The molecule has 0 atom stereocenters. The van der Waals surface area contributed by atoms with E-state index in [-0.39, 0.29) is 0 Å². The standard InChI is InChI=1S/C16H23N7/c17-14-15(19-7-10-23-8-2-1-3-9-23)20-12-21-16(14)22-13-5-4-6-18-11-13/h4-6,11-12H,1-3,7-10,17H2,(H2,19,20,21,22). The largest absolute Gasteiger partial charge is 0.393 e. The predicted molar refractivity (Wildman–Crippen MR) is 92.7 cm³/mol. The molecule has 122 valence electrons. The fourth-order valence-electron chi connectivity index (χ4n) is 2.72. The van der Waals surface area contributed by atoms with E-state index in [0.717, 1.165) is 18.8 Å². The summed E-state index contributed by atoms with van der Waals surface area (Å²) in [5, 5.41) is 6.48. The number of piperidine rings is 1. The molecule has 23 heavy (non-hydrogen) atoms. The lowest BCUT2D eigenvalue weighted by Gasteiger charge is -2.26. The van der Waals surface area contributed by atoms with Crippen LogP contribution in [0.2, 0.25) is 0 Å². The van der Waals surface area contributed by atoms with Crippen molar-refractivity contribution in [2.24, 2.45) is 0 Å². The number of rotatable bonds is 6. The predicted octanol–water partition coefficient (Wildman–Crippen LogP) is 2.10. The highest BCUT2D eigenvalue weighted by Gasteiger charge is 2.11. The highest BCUT2D eigenvalue weighted by Crippen LogP contribution is 2.25. The summed E-state index contributed by atoms with van der Waals surface area (Å²) in [6, 6.07) is 3.77. The van der Waals surface area contributed by atoms with Gasteiger partial charge in [-0.05, 0) is 38.1 Å². The number of pyridine rings is 1. The Morgan fingerprint density at radius 2 is 1.96 bits per heavy atom. The summed E-state index contributed by atoms with van der Waals surface area (Å²) in [4.78, 5) is 15.0. The highest BCUT2D eigenvalue weighted by molar-refractivity contribution is 5.77. The molecular formula is C16H23N7. The SMILES string of the molecule is Nc1c(NCCN2CCCCC2)ncnc1Nc1cccnc1. The second-order valence-corrected chi connectivity index (χ2v) is 5.68. The van der Waals surface area contributed by atoms with Crippen LogP contribution in [0.4, 0.5) is 23.0 Å². The molecule has 1 fully saturated rings. The van der Waals surface area contributed by atoms with E-state index in [0.29, 0.717) is 17.3 Å². The van der Waals surface area contributed by atoms with Gasteiger partial charge in [0.15, 0.2) is 11.6 Å². The second-order valence-electron chi connectivity index (χ2n) is 5.68. The third-order valence-corrected chi connectivity index (χ3v) is 3.98. The van der Waals surface area contributed by atoms with E-state index < -0.39 is 0 Å². The normalized spacial score (nSPS) is 15.3. The highest BCUT2D eigenvalue weighted by atomic mass is 15.2. The van der Waals surface area contributed by atoms with Crippen LogP contribution in [-0.2, 0) is 0 Å². The summed E-state index contributed by atoms with van der Waals surface area (Å²) in [6.07, 6.45) is 8.92. The number of nitrogens with two attached hydrogens (primary N) is 1. The number of aromatic nitrogens is 3. The van der Waals surface area contributed by atoms with Crippen LogP contribution < -0.4 is 16.4 Å². The van der Waals surface area contributed by atoms with Gasteiger partial charge in [-0.1, -0.05) is 6.42 Å². The maximum atomic E-state index is 6.17. The van der Waals surface area contributed by atoms with E-state index >= 15 is 0 Å². The van der Waals surface area contributed by atoms with Crippen molar-refractivity contribution in [3.05, 3.63) is 30.9 Å². The van der Waals surface area contributed by atoms with Gasteiger partial charge >= 0.3 is 0 Å². The zero-order valence-corrected chi connectivity index (χ0v) is 13.2. The van der Waals surface area contributed by atoms with Crippen LogP contribution in [0, 0.1) is 0 Å². The summed E-state index contributed by atoms with van der Waals surface area (Å²) in [7, 11) is 0. The third kappa shape index (κ3) is 4.29. The molecule has 0 amide bonds. The van der Waals surface area contributed by atoms with Crippen molar-refractivity contribution >= 4 is 23.0 Å². The molecular weight excluding hydrogens is 290 g/mol. The van der Waals surface area contributed by atoms with Crippen LogP contribution in [0.3, 0.4) is 0 Å². The van der Waals surface area contributed by atoms with Gasteiger partial charge in [-0.25, -0.2) is 9.97 Å². The molecule has 7 heteroatoms. The molecule has 0 spiro atoms. The van der Waals surface area contributed by atoms with Crippen LogP contribution in [-0.4, -0.2) is 46.0 Å². The zero-order valence-electron chi connectivity index (χ0n) is 13.2. The summed E-state index contributed by atoms with van der Waals surface area (Å²) < 4.78 is 0. The first-order valence-electron chi connectivity index (χ1n) is 8.06. The Bertz CT molecular complexity index is 611. The lowest BCUT2D eigenvalue weighted by atomic mass is 10.1. The number of likely N-dealkylation sites (tertiary alicyclic amines) is 1. The molecule has 0 aliphatic carbocycles. The van der Waals surface area contributed by atoms with Crippen molar-refractivity contribution in [2.75, 3.05) is 42.5 Å². The Labute approximate surface area is 136 Å². The molecule has 0 saturated carbocycles. The van der Waals surface area contributed by atoms with E-state index in [1.807, 2.05) is 12.1 Å². The van der Waals surface area contributed by atoms with Crippen LogP contribution in [0.25, 0.3) is 0 Å². The average Bonchev–Trinajstić information content (AvgIpc) is 2.60. The summed E-state index contributed by atoms with van der Waals surface area (Å²) in [6.45, 7) is 4.21. The fraction of sp³-hybridized carbons (Fsp3) is 0.438. The minimum Gasteiger partial charge on any atom is -0.393 e. The summed E-state index contributed by atoms with van der Waals surface area (Å²) in [5.41, 5.74) is 7.53. The number of anilines is 4. The van der Waals surface area contributed by atoms with Gasteiger partial charge in [0.25, 0.3) is 0 Å². The molecule has 2 aromatic heterocycles. The Hall–Kier alpha value is -2.41. The Kier molecular flexibility index (Phi) is 5.21. The first-order chi connectivity index (χ1) is 11.3. The fourth-order valence-corrected chi connectivity index (χ4v) is 2.72. The lowest BCUT2D eigenvalue weighted by Crippen LogP contribution is -2.33. The van der Waals surface area contributed by atoms with Gasteiger partial charge in [0.1, 0.15) is 12.0 Å². The smallest absolute Gasteiger partial charge is 0.159 e. The number of hydrogen-bond donors (Lipinski definition) is 3. The van der Waals surface area contributed by atoms with Crippen molar-refractivity contribution in [3.63, 3.8) is 0 Å². The topological polar surface area (TPSA) is 92.0 Å². The molecule has 1 aliphatic heterocycles. The summed E-state index contributed by atoms with van der Waals surface area (Å²) in [5.74, 6) is 1.26. The zero-order chi connectivity index (χ0) is 15.9. The van der Waals surface area contributed by atoms with E-state index in [2.05, 4.69) is 30.5 Å². The molecule has 0 unspecified atom stereocenters.